The molecular formula is C16H12FN3. The molecule has 0 saturated carbocycles. The number of nitriles is 2. The Morgan fingerprint density at radius 1 is 1.05 bits per heavy atom. The standard InChI is InChI=1S/C16H12FN3/c1-11-15(17)6-14(9-19)7-16(11)20-10-13-4-2-12(8-18)3-5-13/h2-7,20H,10H2,1H3. The van der Waals surface area contributed by atoms with Crippen LogP contribution in [0.3, 0.4) is 0 Å². The summed E-state index contributed by atoms with van der Waals surface area (Å²) in [6.45, 7) is 2.17. The normalized spacial score (nSPS) is 9.60. The fourth-order valence-corrected chi connectivity index (χ4v) is 1.82. The fourth-order valence-electron chi connectivity index (χ4n) is 1.82. The van der Waals surface area contributed by atoms with E-state index in [2.05, 4.69) is 11.4 Å². The molecule has 2 aromatic carbocycles. The maximum atomic E-state index is 13.6. The molecule has 20 heavy (non-hydrogen) atoms. The van der Waals surface area contributed by atoms with Crippen LogP contribution in [-0.2, 0) is 6.54 Å². The number of rotatable bonds is 3. The van der Waals surface area contributed by atoms with E-state index >= 15 is 0 Å². The van der Waals surface area contributed by atoms with Crippen molar-refractivity contribution >= 4 is 5.69 Å². The topological polar surface area (TPSA) is 59.6 Å². The van der Waals surface area contributed by atoms with Gasteiger partial charge in [0.1, 0.15) is 5.82 Å². The third kappa shape index (κ3) is 2.93. The van der Waals surface area contributed by atoms with Crippen LogP contribution in [0.4, 0.5) is 10.1 Å². The predicted molar refractivity (Wildman–Crippen MR) is 74.3 cm³/mol. The van der Waals surface area contributed by atoms with Crippen molar-refractivity contribution in [3.63, 3.8) is 0 Å². The number of nitrogens with zero attached hydrogens (tertiary/aromatic N) is 2. The minimum absolute atomic E-state index is 0.287. The predicted octanol–water partition coefficient (Wildman–Crippen LogP) is 3.49. The fraction of sp³-hybridized carbons (Fsp3) is 0.125. The highest BCUT2D eigenvalue weighted by molar-refractivity contribution is 5.56. The molecule has 1 N–H and O–H groups in total. The minimum atomic E-state index is -0.397. The lowest BCUT2D eigenvalue weighted by atomic mass is 10.1. The Hall–Kier alpha value is -2.85. The molecule has 4 heteroatoms. The summed E-state index contributed by atoms with van der Waals surface area (Å²) in [7, 11) is 0. The van der Waals surface area contributed by atoms with E-state index in [0.717, 1.165) is 5.56 Å². The summed E-state index contributed by atoms with van der Waals surface area (Å²) < 4.78 is 13.6. The van der Waals surface area contributed by atoms with Crippen LogP contribution in [-0.4, -0.2) is 0 Å². The van der Waals surface area contributed by atoms with E-state index < -0.39 is 5.82 Å². The molecule has 0 amide bonds. The SMILES string of the molecule is Cc1c(F)cc(C#N)cc1NCc1ccc(C#N)cc1. The molecule has 0 spiro atoms. The quantitative estimate of drug-likeness (QED) is 0.924. The zero-order valence-electron chi connectivity index (χ0n) is 10.9. The van der Waals surface area contributed by atoms with Crippen LogP contribution in [0.25, 0.3) is 0 Å². The van der Waals surface area contributed by atoms with Crippen LogP contribution in [0.1, 0.15) is 22.3 Å². The molecule has 0 heterocycles. The molecule has 0 unspecified atom stereocenters. The number of hydrogen-bond donors (Lipinski definition) is 1. The molecule has 0 aliphatic rings. The summed E-state index contributed by atoms with van der Waals surface area (Å²) in [4.78, 5) is 0. The van der Waals surface area contributed by atoms with Gasteiger partial charge in [0.05, 0.1) is 23.3 Å². The molecule has 0 aliphatic heterocycles. The summed E-state index contributed by atoms with van der Waals surface area (Å²) in [5, 5.41) is 20.7. The van der Waals surface area contributed by atoms with Crippen molar-refractivity contribution in [2.75, 3.05) is 5.32 Å². The van der Waals surface area contributed by atoms with Crippen LogP contribution in [0.2, 0.25) is 0 Å². The number of benzene rings is 2. The van der Waals surface area contributed by atoms with E-state index in [1.165, 1.54) is 6.07 Å². The molecule has 0 atom stereocenters. The van der Waals surface area contributed by atoms with Gasteiger partial charge >= 0.3 is 0 Å². The van der Waals surface area contributed by atoms with Crippen molar-refractivity contribution in [3.8, 4) is 12.1 Å². The lowest BCUT2D eigenvalue weighted by molar-refractivity contribution is 0.618. The molecule has 0 bridgehead atoms. The zero-order chi connectivity index (χ0) is 14.5. The molecule has 0 fully saturated rings. The molecule has 0 radical (unpaired) electrons. The van der Waals surface area contributed by atoms with Crippen LogP contribution in [0, 0.1) is 35.4 Å². The highest BCUT2D eigenvalue weighted by Crippen LogP contribution is 2.21. The second-order valence-corrected chi connectivity index (χ2v) is 4.40. The lowest BCUT2D eigenvalue weighted by Crippen LogP contribution is -2.03. The Kier molecular flexibility index (Phi) is 3.98. The van der Waals surface area contributed by atoms with Crippen molar-refractivity contribution in [2.24, 2.45) is 0 Å². The molecule has 98 valence electrons. The van der Waals surface area contributed by atoms with E-state index in [9.17, 15) is 4.39 Å². The van der Waals surface area contributed by atoms with Crippen molar-refractivity contribution in [1.82, 2.24) is 0 Å². The van der Waals surface area contributed by atoms with Gasteiger partial charge in [0.25, 0.3) is 0 Å². The van der Waals surface area contributed by atoms with Gasteiger partial charge in [0.15, 0.2) is 0 Å². The minimum Gasteiger partial charge on any atom is -0.381 e. The molecule has 0 saturated heterocycles. The van der Waals surface area contributed by atoms with E-state index in [0.29, 0.717) is 23.4 Å². The molecular weight excluding hydrogens is 253 g/mol. The van der Waals surface area contributed by atoms with Gasteiger partial charge < -0.3 is 5.32 Å². The summed E-state index contributed by atoms with van der Waals surface area (Å²) in [6.07, 6.45) is 0. The van der Waals surface area contributed by atoms with Crippen LogP contribution < -0.4 is 5.32 Å². The molecule has 2 aromatic rings. The Morgan fingerprint density at radius 3 is 2.30 bits per heavy atom. The van der Waals surface area contributed by atoms with Crippen molar-refractivity contribution in [1.29, 1.82) is 10.5 Å². The Morgan fingerprint density at radius 2 is 1.70 bits per heavy atom. The number of halogens is 1. The average Bonchev–Trinajstić information content (AvgIpc) is 2.49. The number of hydrogen-bond acceptors (Lipinski definition) is 3. The van der Waals surface area contributed by atoms with Crippen LogP contribution in [0.5, 0.6) is 0 Å². The Labute approximate surface area is 116 Å². The third-order valence-corrected chi connectivity index (χ3v) is 3.04. The van der Waals surface area contributed by atoms with E-state index in [1.807, 2.05) is 18.2 Å². The Bertz CT molecular complexity index is 706. The lowest BCUT2D eigenvalue weighted by Gasteiger charge is -2.11. The molecule has 3 nitrogen and oxygen atoms in total. The van der Waals surface area contributed by atoms with Crippen molar-refractivity contribution < 1.29 is 4.39 Å². The van der Waals surface area contributed by atoms with Crippen molar-refractivity contribution in [3.05, 3.63) is 64.5 Å². The van der Waals surface area contributed by atoms with Gasteiger partial charge in [-0.3, -0.25) is 0 Å². The van der Waals surface area contributed by atoms with E-state index in [4.69, 9.17) is 10.5 Å². The van der Waals surface area contributed by atoms with E-state index in [-0.39, 0.29) is 5.56 Å². The van der Waals surface area contributed by atoms with Gasteiger partial charge in [0.2, 0.25) is 0 Å². The highest BCUT2D eigenvalue weighted by Gasteiger charge is 2.06. The monoisotopic (exact) mass is 265 g/mol. The van der Waals surface area contributed by atoms with Crippen LogP contribution in [0.15, 0.2) is 36.4 Å². The maximum absolute atomic E-state index is 13.6. The van der Waals surface area contributed by atoms with Gasteiger partial charge in [0, 0.05) is 17.8 Å². The molecule has 0 aromatic heterocycles. The van der Waals surface area contributed by atoms with Gasteiger partial charge in [-0.25, -0.2) is 4.39 Å². The first-order chi connectivity index (χ1) is 9.63. The smallest absolute Gasteiger partial charge is 0.129 e. The van der Waals surface area contributed by atoms with Gasteiger partial charge in [-0.05, 0) is 36.8 Å². The molecule has 0 aliphatic carbocycles. The second-order valence-electron chi connectivity index (χ2n) is 4.40. The first-order valence-corrected chi connectivity index (χ1v) is 6.07. The van der Waals surface area contributed by atoms with Gasteiger partial charge in [-0.2, -0.15) is 10.5 Å². The number of nitrogens with one attached hydrogen (secondary N) is 1. The Balaban J connectivity index is 2.16. The molecule has 2 rings (SSSR count). The summed E-state index contributed by atoms with van der Waals surface area (Å²) in [6, 6.07) is 14.0. The maximum Gasteiger partial charge on any atom is 0.129 e. The van der Waals surface area contributed by atoms with E-state index in [1.54, 1.807) is 25.1 Å². The number of anilines is 1. The largest absolute Gasteiger partial charge is 0.381 e. The summed E-state index contributed by atoms with van der Waals surface area (Å²) >= 11 is 0. The first-order valence-electron chi connectivity index (χ1n) is 6.07. The summed E-state index contributed by atoms with van der Waals surface area (Å²) in [5.74, 6) is -0.397. The van der Waals surface area contributed by atoms with Crippen LogP contribution >= 0.6 is 0 Å². The first kappa shape index (κ1) is 13.6. The van der Waals surface area contributed by atoms with Gasteiger partial charge in [-0.1, -0.05) is 12.1 Å². The summed E-state index contributed by atoms with van der Waals surface area (Å²) in [5.41, 5.74) is 2.95. The third-order valence-electron chi connectivity index (χ3n) is 3.04. The average molecular weight is 265 g/mol. The second kappa shape index (κ2) is 5.86. The van der Waals surface area contributed by atoms with Crippen molar-refractivity contribution in [2.45, 2.75) is 13.5 Å². The van der Waals surface area contributed by atoms with Gasteiger partial charge in [-0.15, -0.1) is 0 Å². The zero-order valence-corrected chi connectivity index (χ0v) is 10.9. The highest BCUT2D eigenvalue weighted by atomic mass is 19.1.